The minimum atomic E-state index is -0.448. The van der Waals surface area contributed by atoms with Crippen molar-refractivity contribution in [2.75, 3.05) is 6.54 Å². The quantitative estimate of drug-likeness (QED) is 0.753. The highest BCUT2D eigenvalue weighted by Gasteiger charge is 2.36. The first kappa shape index (κ1) is 15.9. The van der Waals surface area contributed by atoms with Gasteiger partial charge in [0.25, 0.3) is 0 Å². The van der Waals surface area contributed by atoms with Crippen LogP contribution in [0, 0.1) is 17.0 Å². The van der Waals surface area contributed by atoms with Crippen LogP contribution >= 0.6 is 15.9 Å². The second-order valence-corrected chi connectivity index (χ2v) is 7.06. The van der Waals surface area contributed by atoms with Crippen LogP contribution in [-0.4, -0.2) is 12.6 Å². The third-order valence-corrected chi connectivity index (χ3v) is 4.87. The Morgan fingerprint density at radius 1 is 1.40 bits per heavy atom. The third kappa shape index (κ3) is 3.59. The molecule has 4 heteroatoms. The Balaban J connectivity index is 2.09. The summed E-state index contributed by atoms with van der Waals surface area (Å²) in [6.07, 6.45) is 4.67. The Labute approximate surface area is 128 Å². The van der Waals surface area contributed by atoms with Crippen LogP contribution in [0.15, 0.2) is 16.6 Å². The SMILES string of the molecule is CCCNC1CCC(C)(Cc2c(F)ccc(Br)c2F)C1. The molecule has 0 amide bonds. The number of rotatable bonds is 5. The molecular formula is C16H22BrF2N. The van der Waals surface area contributed by atoms with Crippen molar-refractivity contribution in [3.8, 4) is 0 Å². The highest BCUT2D eigenvalue weighted by molar-refractivity contribution is 9.10. The lowest BCUT2D eigenvalue weighted by Crippen LogP contribution is -2.29. The highest BCUT2D eigenvalue weighted by Crippen LogP contribution is 2.42. The largest absolute Gasteiger partial charge is 0.314 e. The van der Waals surface area contributed by atoms with Gasteiger partial charge >= 0.3 is 0 Å². The minimum absolute atomic E-state index is 0.0200. The molecule has 0 saturated heterocycles. The molecule has 0 heterocycles. The van der Waals surface area contributed by atoms with Crippen LogP contribution < -0.4 is 5.32 Å². The van der Waals surface area contributed by atoms with E-state index in [1.54, 1.807) is 0 Å². The van der Waals surface area contributed by atoms with Gasteiger partial charge in [-0.1, -0.05) is 13.8 Å². The van der Waals surface area contributed by atoms with Gasteiger partial charge in [0.05, 0.1) is 4.47 Å². The number of benzene rings is 1. The Morgan fingerprint density at radius 2 is 2.15 bits per heavy atom. The van der Waals surface area contributed by atoms with Gasteiger partial charge in [-0.2, -0.15) is 0 Å². The second kappa shape index (κ2) is 6.52. The molecule has 0 bridgehead atoms. The normalized spacial score (nSPS) is 26.1. The summed E-state index contributed by atoms with van der Waals surface area (Å²) in [4.78, 5) is 0. The van der Waals surface area contributed by atoms with Gasteiger partial charge in [-0.25, -0.2) is 8.78 Å². The summed E-state index contributed by atoms with van der Waals surface area (Å²) in [5, 5.41) is 3.52. The standard InChI is InChI=1S/C16H22BrF2N/c1-3-8-20-11-6-7-16(2,9-11)10-12-14(18)5-4-13(17)15(12)19/h4-5,11,20H,3,6-10H2,1-2H3. The first-order valence-electron chi connectivity index (χ1n) is 7.31. The van der Waals surface area contributed by atoms with Gasteiger partial charge in [0, 0.05) is 11.6 Å². The van der Waals surface area contributed by atoms with Crippen LogP contribution in [-0.2, 0) is 6.42 Å². The van der Waals surface area contributed by atoms with Gasteiger partial charge in [0.1, 0.15) is 11.6 Å². The topological polar surface area (TPSA) is 12.0 Å². The molecule has 0 radical (unpaired) electrons. The van der Waals surface area contributed by atoms with Gasteiger partial charge in [-0.05, 0) is 72.1 Å². The molecule has 0 spiro atoms. The smallest absolute Gasteiger partial charge is 0.143 e. The maximum atomic E-state index is 14.1. The molecule has 1 aromatic rings. The molecule has 0 aliphatic heterocycles. The molecule has 1 aliphatic rings. The lowest BCUT2D eigenvalue weighted by Gasteiger charge is -2.25. The maximum absolute atomic E-state index is 14.1. The monoisotopic (exact) mass is 345 g/mol. The Kier molecular flexibility index (Phi) is 5.19. The van der Waals surface area contributed by atoms with Gasteiger partial charge in [0.2, 0.25) is 0 Å². The minimum Gasteiger partial charge on any atom is -0.314 e. The molecule has 1 aromatic carbocycles. The summed E-state index contributed by atoms with van der Waals surface area (Å²) in [6.45, 7) is 5.30. The third-order valence-electron chi connectivity index (χ3n) is 4.26. The van der Waals surface area contributed by atoms with E-state index in [0.29, 0.717) is 16.9 Å². The number of hydrogen-bond acceptors (Lipinski definition) is 1. The van der Waals surface area contributed by atoms with Crippen molar-refractivity contribution in [2.45, 2.75) is 52.0 Å². The molecule has 0 aromatic heterocycles. The van der Waals surface area contributed by atoms with Crippen LogP contribution in [0.5, 0.6) is 0 Å². The number of hydrogen-bond donors (Lipinski definition) is 1. The summed E-state index contributed by atoms with van der Waals surface area (Å²) in [5.41, 5.74) is 0.200. The van der Waals surface area contributed by atoms with E-state index >= 15 is 0 Å². The zero-order valence-electron chi connectivity index (χ0n) is 12.1. The van der Waals surface area contributed by atoms with Crippen molar-refractivity contribution in [1.29, 1.82) is 0 Å². The first-order valence-corrected chi connectivity index (χ1v) is 8.10. The van der Waals surface area contributed by atoms with E-state index in [0.717, 1.165) is 32.2 Å². The summed E-state index contributed by atoms with van der Waals surface area (Å²) >= 11 is 3.14. The Hall–Kier alpha value is -0.480. The second-order valence-electron chi connectivity index (χ2n) is 6.20. The van der Waals surface area contributed by atoms with Crippen LogP contribution in [0.3, 0.4) is 0 Å². The number of nitrogens with one attached hydrogen (secondary N) is 1. The predicted molar refractivity (Wildman–Crippen MR) is 81.8 cm³/mol. The fourth-order valence-electron chi connectivity index (χ4n) is 3.16. The fraction of sp³-hybridized carbons (Fsp3) is 0.625. The fourth-order valence-corrected chi connectivity index (χ4v) is 3.53. The lowest BCUT2D eigenvalue weighted by molar-refractivity contribution is 0.311. The highest BCUT2D eigenvalue weighted by atomic mass is 79.9. The Morgan fingerprint density at radius 3 is 2.85 bits per heavy atom. The Bertz CT molecular complexity index is 478. The van der Waals surface area contributed by atoms with E-state index < -0.39 is 11.6 Å². The first-order chi connectivity index (χ1) is 9.45. The van der Waals surface area contributed by atoms with Crippen molar-refractivity contribution < 1.29 is 8.78 Å². The maximum Gasteiger partial charge on any atom is 0.143 e. The van der Waals surface area contributed by atoms with Crippen LogP contribution in [0.25, 0.3) is 0 Å². The molecule has 112 valence electrons. The van der Waals surface area contributed by atoms with Crippen LogP contribution in [0.1, 0.15) is 45.1 Å². The van der Waals surface area contributed by atoms with E-state index in [1.807, 2.05) is 0 Å². The lowest BCUT2D eigenvalue weighted by atomic mass is 9.81. The summed E-state index contributed by atoms with van der Waals surface area (Å²) in [7, 11) is 0. The molecule has 1 aliphatic carbocycles. The molecular weight excluding hydrogens is 324 g/mol. The van der Waals surface area contributed by atoms with E-state index in [-0.39, 0.29) is 11.0 Å². The van der Waals surface area contributed by atoms with Crippen molar-refractivity contribution in [3.63, 3.8) is 0 Å². The van der Waals surface area contributed by atoms with Crippen molar-refractivity contribution in [2.24, 2.45) is 5.41 Å². The average molecular weight is 346 g/mol. The summed E-state index contributed by atoms with van der Waals surface area (Å²) in [6, 6.07) is 3.25. The van der Waals surface area contributed by atoms with Gasteiger partial charge in [-0.15, -0.1) is 0 Å². The van der Waals surface area contributed by atoms with Gasteiger partial charge in [-0.3, -0.25) is 0 Å². The molecule has 2 rings (SSSR count). The van der Waals surface area contributed by atoms with E-state index in [1.165, 1.54) is 12.1 Å². The summed E-state index contributed by atoms with van der Waals surface area (Å²) < 4.78 is 28.3. The molecule has 1 saturated carbocycles. The molecule has 2 atom stereocenters. The van der Waals surface area contributed by atoms with Gasteiger partial charge in [0.15, 0.2) is 0 Å². The molecule has 1 N–H and O–H groups in total. The van der Waals surface area contributed by atoms with E-state index in [4.69, 9.17) is 0 Å². The van der Waals surface area contributed by atoms with Crippen molar-refractivity contribution in [1.82, 2.24) is 5.32 Å². The summed E-state index contributed by atoms with van der Waals surface area (Å²) in [5.74, 6) is -0.881. The van der Waals surface area contributed by atoms with E-state index in [2.05, 4.69) is 35.1 Å². The van der Waals surface area contributed by atoms with E-state index in [9.17, 15) is 8.78 Å². The van der Waals surface area contributed by atoms with Gasteiger partial charge < -0.3 is 5.32 Å². The van der Waals surface area contributed by atoms with Crippen molar-refractivity contribution >= 4 is 15.9 Å². The zero-order chi connectivity index (χ0) is 14.8. The predicted octanol–water partition coefficient (Wildman–Crippen LogP) is 4.83. The molecule has 1 fully saturated rings. The number of halogens is 3. The van der Waals surface area contributed by atoms with Crippen LogP contribution in [0.2, 0.25) is 0 Å². The average Bonchev–Trinajstić information content (AvgIpc) is 2.79. The molecule has 20 heavy (non-hydrogen) atoms. The van der Waals surface area contributed by atoms with Crippen LogP contribution in [0.4, 0.5) is 8.78 Å². The molecule has 1 nitrogen and oxygen atoms in total. The molecule has 2 unspecified atom stereocenters. The van der Waals surface area contributed by atoms with Crippen molar-refractivity contribution in [3.05, 3.63) is 33.8 Å². The zero-order valence-corrected chi connectivity index (χ0v) is 13.7.